The van der Waals surface area contributed by atoms with Crippen LogP contribution in [-0.4, -0.2) is 75.5 Å². The summed E-state index contributed by atoms with van der Waals surface area (Å²) in [4.78, 5) is 61.6. The number of nitrogens with two attached hydrogens (primary N) is 1. The monoisotopic (exact) mass is 442 g/mol. The molecule has 1 aliphatic heterocycles. The summed E-state index contributed by atoms with van der Waals surface area (Å²) in [7, 11) is 0. The fraction of sp³-hybridized carbons (Fsp3) is 0.750. The molecule has 4 unspecified atom stereocenters. The minimum absolute atomic E-state index is 0.0431. The van der Waals surface area contributed by atoms with Crippen LogP contribution in [0.25, 0.3) is 0 Å². The molecule has 0 bridgehead atoms. The molecule has 0 spiro atoms. The van der Waals surface area contributed by atoms with Crippen molar-refractivity contribution in [1.82, 2.24) is 15.5 Å². The van der Waals surface area contributed by atoms with Crippen molar-refractivity contribution >= 4 is 29.7 Å². The second kappa shape index (κ2) is 11.6. The summed E-state index contributed by atoms with van der Waals surface area (Å²) in [6, 6.07) is -4.20. The molecule has 0 radical (unpaired) electrons. The minimum atomic E-state index is -1.26. The molecule has 176 valence electrons. The van der Waals surface area contributed by atoms with Crippen molar-refractivity contribution in [1.29, 1.82) is 0 Å². The SMILES string of the molecule is CC(C)CC(NC(=O)C(NC(=O)C1CCCN1C(=O)C(N)CC(=O)O)C(C)C)C(=O)O. The minimum Gasteiger partial charge on any atom is -0.481 e. The van der Waals surface area contributed by atoms with Crippen LogP contribution in [0.1, 0.15) is 53.4 Å². The molecule has 1 aliphatic rings. The van der Waals surface area contributed by atoms with Crippen molar-refractivity contribution in [2.45, 2.75) is 77.5 Å². The number of carbonyl (C=O) groups excluding carboxylic acids is 3. The van der Waals surface area contributed by atoms with Crippen LogP contribution in [0.4, 0.5) is 0 Å². The van der Waals surface area contributed by atoms with Gasteiger partial charge in [0.2, 0.25) is 17.7 Å². The van der Waals surface area contributed by atoms with Gasteiger partial charge in [0.25, 0.3) is 0 Å². The topological polar surface area (TPSA) is 179 Å². The van der Waals surface area contributed by atoms with Crippen LogP contribution in [0.15, 0.2) is 0 Å². The van der Waals surface area contributed by atoms with Crippen LogP contribution < -0.4 is 16.4 Å². The third-order valence-electron chi connectivity index (χ3n) is 5.12. The summed E-state index contributed by atoms with van der Waals surface area (Å²) in [6.45, 7) is 7.36. The van der Waals surface area contributed by atoms with Gasteiger partial charge >= 0.3 is 11.9 Å². The van der Waals surface area contributed by atoms with Gasteiger partial charge in [0, 0.05) is 6.54 Å². The van der Waals surface area contributed by atoms with Gasteiger partial charge in [-0.3, -0.25) is 19.2 Å². The smallest absolute Gasteiger partial charge is 0.326 e. The van der Waals surface area contributed by atoms with Crippen molar-refractivity contribution in [3.63, 3.8) is 0 Å². The Bertz CT molecular complexity index is 695. The van der Waals surface area contributed by atoms with Crippen molar-refractivity contribution in [3.05, 3.63) is 0 Å². The van der Waals surface area contributed by atoms with E-state index in [2.05, 4.69) is 10.6 Å². The van der Waals surface area contributed by atoms with Gasteiger partial charge in [0.15, 0.2) is 0 Å². The van der Waals surface area contributed by atoms with Gasteiger partial charge in [-0.1, -0.05) is 27.7 Å². The number of carboxylic acids is 2. The highest BCUT2D eigenvalue weighted by Gasteiger charge is 2.38. The fourth-order valence-corrected chi connectivity index (χ4v) is 3.53. The third-order valence-corrected chi connectivity index (χ3v) is 5.12. The van der Waals surface area contributed by atoms with Crippen LogP contribution in [0.2, 0.25) is 0 Å². The summed E-state index contributed by atoms with van der Waals surface area (Å²) in [5, 5.41) is 23.3. The van der Waals surface area contributed by atoms with E-state index in [1.807, 2.05) is 13.8 Å². The number of carboxylic acid groups (broad SMARTS) is 2. The van der Waals surface area contributed by atoms with E-state index in [1.54, 1.807) is 13.8 Å². The Labute approximate surface area is 181 Å². The largest absolute Gasteiger partial charge is 0.481 e. The van der Waals surface area contributed by atoms with E-state index in [-0.39, 0.29) is 24.8 Å². The van der Waals surface area contributed by atoms with E-state index < -0.39 is 60.2 Å². The van der Waals surface area contributed by atoms with E-state index in [0.717, 1.165) is 0 Å². The molecule has 3 amide bonds. The van der Waals surface area contributed by atoms with Crippen LogP contribution in [0.5, 0.6) is 0 Å². The molecule has 1 rings (SSSR count). The molecule has 0 saturated carbocycles. The predicted molar refractivity (Wildman–Crippen MR) is 111 cm³/mol. The molecule has 1 heterocycles. The molecule has 0 aromatic heterocycles. The van der Waals surface area contributed by atoms with Gasteiger partial charge in [-0.05, 0) is 31.1 Å². The van der Waals surface area contributed by atoms with Crippen molar-refractivity contribution < 1.29 is 34.2 Å². The lowest BCUT2D eigenvalue weighted by atomic mass is 10.00. The Morgan fingerprint density at radius 1 is 1.06 bits per heavy atom. The molecule has 1 saturated heterocycles. The number of hydrogen-bond acceptors (Lipinski definition) is 6. The first-order chi connectivity index (χ1) is 14.3. The van der Waals surface area contributed by atoms with Gasteiger partial charge in [-0.25, -0.2) is 4.79 Å². The summed E-state index contributed by atoms with van der Waals surface area (Å²) >= 11 is 0. The maximum absolute atomic E-state index is 12.9. The van der Waals surface area contributed by atoms with Crippen LogP contribution in [-0.2, 0) is 24.0 Å². The molecule has 1 fully saturated rings. The standard InChI is InChI=1S/C20H34N4O7/c1-10(2)8-13(20(30)31)22-18(28)16(11(3)4)23-17(27)14-6-5-7-24(14)19(29)12(21)9-15(25)26/h10-14,16H,5-9,21H2,1-4H3,(H,22,28)(H,23,27)(H,25,26)(H,30,31). The van der Waals surface area contributed by atoms with Gasteiger partial charge in [-0.2, -0.15) is 0 Å². The number of likely N-dealkylation sites (tertiary alicyclic amines) is 1. The zero-order valence-electron chi connectivity index (χ0n) is 18.5. The highest BCUT2D eigenvalue weighted by Crippen LogP contribution is 2.19. The first kappa shape index (κ1) is 26.3. The molecular formula is C20H34N4O7. The zero-order chi connectivity index (χ0) is 23.9. The Morgan fingerprint density at radius 3 is 2.16 bits per heavy atom. The lowest BCUT2D eigenvalue weighted by Gasteiger charge is -2.29. The maximum atomic E-state index is 12.9. The molecule has 11 heteroatoms. The Balaban J connectivity index is 2.88. The molecule has 0 aromatic carbocycles. The second-order valence-electron chi connectivity index (χ2n) is 8.65. The molecule has 0 aliphatic carbocycles. The average Bonchev–Trinajstić information content (AvgIpc) is 3.13. The van der Waals surface area contributed by atoms with Crippen molar-refractivity contribution in [2.24, 2.45) is 17.6 Å². The summed E-state index contributed by atoms with van der Waals surface area (Å²) < 4.78 is 0. The van der Waals surface area contributed by atoms with Crippen LogP contribution in [0.3, 0.4) is 0 Å². The summed E-state index contributed by atoms with van der Waals surface area (Å²) in [6.07, 6.45) is 0.589. The van der Waals surface area contributed by atoms with E-state index in [0.29, 0.717) is 12.8 Å². The number of amides is 3. The molecule has 11 nitrogen and oxygen atoms in total. The van der Waals surface area contributed by atoms with Crippen LogP contribution >= 0.6 is 0 Å². The molecule has 31 heavy (non-hydrogen) atoms. The first-order valence-corrected chi connectivity index (χ1v) is 10.5. The number of rotatable bonds is 11. The summed E-state index contributed by atoms with van der Waals surface area (Å²) in [5.41, 5.74) is 5.66. The maximum Gasteiger partial charge on any atom is 0.326 e. The Hall–Kier alpha value is -2.69. The van der Waals surface area contributed by atoms with E-state index >= 15 is 0 Å². The van der Waals surface area contributed by atoms with Crippen molar-refractivity contribution in [3.8, 4) is 0 Å². The lowest BCUT2D eigenvalue weighted by Crippen LogP contribution is -2.58. The first-order valence-electron chi connectivity index (χ1n) is 10.5. The highest BCUT2D eigenvalue weighted by molar-refractivity contribution is 5.95. The number of hydrogen-bond donors (Lipinski definition) is 5. The van der Waals surface area contributed by atoms with E-state index in [1.165, 1.54) is 4.90 Å². The fourth-order valence-electron chi connectivity index (χ4n) is 3.53. The van der Waals surface area contributed by atoms with Crippen molar-refractivity contribution in [2.75, 3.05) is 6.54 Å². The molecule has 6 N–H and O–H groups in total. The number of carbonyl (C=O) groups is 5. The van der Waals surface area contributed by atoms with E-state index in [9.17, 15) is 29.1 Å². The molecular weight excluding hydrogens is 408 g/mol. The zero-order valence-corrected chi connectivity index (χ0v) is 18.5. The predicted octanol–water partition coefficient (Wildman–Crippen LogP) is -0.464. The van der Waals surface area contributed by atoms with Gasteiger partial charge in [-0.15, -0.1) is 0 Å². The van der Waals surface area contributed by atoms with E-state index in [4.69, 9.17) is 10.8 Å². The van der Waals surface area contributed by atoms with Gasteiger partial charge in [0.05, 0.1) is 12.5 Å². The normalized spacial score (nSPS) is 19.1. The molecule has 4 atom stereocenters. The number of nitrogens with one attached hydrogen (secondary N) is 2. The third kappa shape index (κ3) is 7.82. The quantitative estimate of drug-likeness (QED) is 0.285. The number of aliphatic carboxylic acids is 2. The number of nitrogens with zero attached hydrogens (tertiary/aromatic N) is 1. The summed E-state index contributed by atoms with van der Waals surface area (Å²) in [5.74, 6) is -4.47. The Morgan fingerprint density at radius 2 is 1.68 bits per heavy atom. The molecule has 0 aromatic rings. The average molecular weight is 443 g/mol. The van der Waals surface area contributed by atoms with Gasteiger partial charge < -0.3 is 31.5 Å². The second-order valence-corrected chi connectivity index (χ2v) is 8.65. The Kier molecular flexibility index (Phi) is 9.89. The highest BCUT2D eigenvalue weighted by atomic mass is 16.4. The lowest BCUT2D eigenvalue weighted by molar-refractivity contribution is -0.144. The van der Waals surface area contributed by atoms with Gasteiger partial charge in [0.1, 0.15) is 18.1 Å². The van der Waals surface area contributed by atoms with Crippen LogP contribution in [0, 0.1) is 11.8 Å².